The molecule has 1 aromatic heterocycles. The molecule has 0 saturated carbocycles. The molecular weight excluding hydrogens is 334 g/mol. The molecular formula is C15H17N3O3S2. The van der Waals surface area contributed by atoms with Gasteiger partial charge in [-0.05, 0) is 12.5 Å². The van der Waals surface area contributed by atoms with Gasteiger partial charge in [-0.3, -0.25) is 9.69 Å². The van der Waals surface area contributed by atoms with E-state index in [1.807, 2.05) is 36.6 Å². The lowest BCUT2D eigenvalue weighted by Crippen LogP contribution is -2.27. The summed E-state index contributed by atoms with van der Waals surface area (Å²) in [7, 11) is -3.58. The fourth-order valence-corrected chi connectivity index (χ4v) is 4.51. The minimum Gasteiger partial charge on any atom is -0.288 e. The Morgan fingerprint density at radius 3 is 2.83 bits per heavy atom. The van der Waals surface area contributed by atoms with Gasteiger partial charge >= 0.3 is 0 Å². The van der Waals surface area contributed by atoms with E-state index in [1.54, 1.807) is 4.90 Å². The van der Waals surface area contributed by atoms with Crippen molar-refractivity contribution in [1.82, 2.24) is 4.98 Å². The first-order valence-corrected chi connectivity index (χ1v) is 9.75. The van der Waals surface area contributed by atoms with Gasteiger partial charge in [0.15, 0.2) is 5.13 Å². The summed E-state index contributed by atoms with van der Waals surface area (Å²) in [5, 5.41) is 7.59. The maximum Gasteiger partial charge on any atom is 0.229 e. The fraction of sp³-hybridized carbons (Fsp3) is 0.333. The average molecular weight is 351 g/mol. The molecule has 2 aromatic rings. The molecule has 23 heavy (non-hydrogen) atoms. The normalized spacial score (nSPS) is 18.6. The van der Waals surface area contributed by atoms with E-state index in [4.69, 9.17) is 5.14 Å². The Morgan fingerprint density at radius 2 is 2.13 bits per heavy atom. The number of benzene rings is 1. The molecule has 2 N–H and O–H groups in total. The van der Waals surface area contributed by atoms with Gasteiger partial charge in [0.25, 0.3) is 0 Å². The second-order valence-corrected chi connectivity index (χ2v) is 8.23. The van der Waals surface area contributed by atoms with E-state index < -0.39 is 10.0 Å². The summed E-state index contributed by atoms with van der Waals surface area (Å²) >= 11 is 1.39. The summed E-state index contributed by atoms with van der Waals surface area (Å²) in [5.41, 5.74) is 2.97. The predicted molar refractivity (Wildman–Crippen MR) is 90.7 cm³/mol. The Kier molecular flexibility index (Phi) is 4.22. The number of nitrogens with zero attached hydrogens (tertiary/aromatic N) is 2. The van der Waals surface area contributed by atoms with Gasteiger partial charge in [-0.25, -0.2) is 18.5 Å². The summed E-state index contributed by atoms with van der Waals surface area (Å²) in [4.78, 5) is 18.2. The molecule has 1 unspecified atom stereocenters. The molecule has 1 atom stereocenters. The number of thiazole rings is 1. The van der Waals surface area contributed by atoms with Crippen LogP contribution in [-0.2, 0) is 14.8 Å². The SMILES string of the molecule is Cc1ccccc1-c1csc(N2CC(CS(N)(=O)=O)CC2=O)n1. The third-order valence-electron chi connectivity index (χ3n) is 3.82. The van der Waals surface area contributed by atoms with E-state index in [-0.39, 0.29) is 24.0 Å². The zero-order valence-electron chi connectivity index (χ0n) is 12.6. The molecule has 1 saturated heterocycles. The number of hydrogen-bond acceptors (Lipinski definition) is 5. The minimum absolute atomic E-state index is 0.107. The largest absolute Gasteiger partial charge is 0.288 e. The van der Waals surface area contributed by atoms with Gasteiger partial charge in [0.1, 0.15) is 0 Å². The smallest absolute Gasteiger partial charge is 0.229 e. The van der Waals surface area contributed by atoms with Gasteiger partial charge in [-0.2, -0.15) is 0 Å². The van der Waals surface area contributed by atoms with Crippen molar-refractivity contribution >= 4 is 32.4 Å². The number of amides is 1. The first-order chi connectivity index (χ1) is 10.8. The van der Waals surface area contributed by atoms with Crippen molar-refractivity contribution in [1.29, 1.82) is 0 Å². The second-order valence-electron chi connectivity index (χ2n) is 5.73. The number of rotatable bonds is 4. The summed E-state index contributed by atoms with van der Waals surface area (Å²) in [6.45, 7) is 2.35. The molecule has 1 fully saturated rings. The molecule has 0 radical (unpaired) electrons. The number of carbonyl (C=O) groups excluding carboxylic acids is 1. The van der Waals surface area contributed by atoms with Gasteiger partial charge in [-0.1, -0.05) is 24.3 Å². The van der Waals surface area contributed by atoms with E-state index in [0.29, 0.717) is 11.7 Å². The molecule has 1 aromatic carbocycles. The number of aryl methyl sites for hydroxylation is 1. The zero-order chi connectivity index (χ0) is 16.6. The Morgan fingerprint density at radius 1 is 1.39 bits per heavy atom. The Labute approximate surface area is 139 Å². The van der Waals surface area contributed by atoms with E-state index in [2.05, 4.69) is 4.98 Å². The summed E-state index contributed by atoms with van der Waals surface area (Å²) < 4.78 is 22.4. The van der Waals surface area contributed by atoms with Gasteiger partial charge < -0.3 is 0 Å². The van der Waals surface area contributed by atoms with Crippen LogP contribution in [0.25, 0.3) is 11.3 Å². The molecule has 6 nitrogen and oxygen atoms in total. The standard InChI is InChI=1S/C15H17N3O3S2/c1-10-4-2-3-5-12(10)13-8-22-15(17-13)18-7-11(6-14(18)19)9-23(16,20)21/h2-5,8,11H,6-7,9H2,1H3,(H2,16,20,21). The number of sulfonamides is 1. The van der Waals surface area contributed by atoms with Crippen LogP contribution in [0.4, 0.5) is 5.13 Å². The van der Waals surface area contributed by atoms with Crippen LogP contribution in [0.15, 0.2) is 29.6 Å². The maximum atomic E-state index is 12.1. The third kappa shape index (κ3) is 3.60. The van der Waals surface area contributed by atoms with Crippen molar-refractivity contribution < 1.29 is 13.2 Å². The lowest BCUT2D eigenvalue weighted by Gasteiger charge is -2.12. The second kappa shape index (κ2) is 6.03. The Hall–Kier alpha value is -1.77. The quantitative estimate of drug-likeness (QED) is 0.908. The molecule has 0 spiro atoms. The van der Waals surface area contributed by atoms with Crippen LogP contribution >= 0.6 is 11.3 Å². The molecule has 2 heterocycles. The van der Waals surface area contributed by atoms with Crippen LogP contribution in [0.5, 0.6) is 0 Å². The fourth-order valence-electron chi connectivity index (χ4n) is 2.78. The van der Waals surface area contributed by atoms with E-state index in [0.717, 1.165) is 16.8 Å². The maximum absolute atomic E-state index is 12.1. The molecule has 8 heteroatoms. The van der Waals surface area contributed by atoms with Gasteiger partial charge in [-0.15, -0.1) is 11.3 Å². The van der Waals surface area contributed by atoms with Gasteiger partial charge in [0, 0.05) is 29.8 Å². The number of aromatic nitrogens is 1. The highest BCUT2D eigenvalue weighted by Crippen LogP contribution is 2.32. The topological polar surface area (TPSA) is 93.4 Å². The number of anilines is 1. The Balaban J connectivity index is 1.81. The van der Waals surface area contributed by atoms with Crippen LogP contribution < -0.4 is 10.0 Å². The van der Waals surface area contributed by atoms with Crippen LogP contribution in [0, 0.1) is 12.8 Å². The minimum atomic E-state index is -3.58. The van der Waals surface area contributed by atoms with Crippen molar-refractivity contribution in [2.75, 3.05) is 17.2 Å². The number of carbonyl (C=O) groups is 1. The van der Waals surface area contributed by atoms with Crippen LogP contribution in [0.2, 0.25) is 0 Å². The van der Waals surface area contributed by atoms with E-state index >= 15 is 0 Å². The van der Waals surface area contributed by atoms with E-state index in [9.17, 15) is 13.2 Å². The molecule has 3 rings (SSSR count). The molecule has 1 aliphatic heterocycles. The highest BCUT2D eigenvalue weighted by molar-refractivity contribution is 7.89. The number of nitrogens with two attached hydrogens (primary N) is 1. The molecule has 1 amide bonds. The zero-order valence-corrected chi connectivity index (χ0v) is 14.2. The average Bonchev–Trinajstić information content (AvgIpc) is 3.04. The summed E-state index contributed by atoms with van der Waals surface area (Å²) in [5.74, 6) is -0.557. The van der Waals surface area contributed by atoms with Gasteiger partial charge in [0.05, 0.1) is 11.4 Å². The first kappa shape index (κ1) is 16.1. The van der Waals surface area contributed by atoms with Crippen LogP contribution in [0.3, 0.4) is 0 Å². The van der Waals surface area contributed by atoms with Crippen LogP contribution in [-0.4, -0.2) is 31.6 Å². The van der Waals surface area contributed by atoms with Crippen molar-refractivity contribution in [2.24, 2.45) is 11.1 Å². The highest BCUT2D eigenvalue weighted by atomic mass is 32.2. The first-order valence-electron chi connectivity index (χ1n) is 7.16. The molecule has 0 bridgehead atoms. The predicted octanol–water partition coefficient (Wildman–Crippen LogP) is 1.76. The lowest BCUT2D eigenvalue weighted by molar-refractivity contribution is -0.117. The molecule has 1 aliphatic rings. The van der Waals surface area contributed by atoms with Crippen LogP contribution in [0.1, 0.15) is 12.0 Å². The van der Waals surface area contributed by atoms with Crippen molar-refractivity contribution in [3.8, 4) is 11.3 Å². The Bertz CT molecular complexity index is 845. The summed E-state index contributed by atoms with van der Waals surface area (Å²) in [6.07, 6.45) is 0.190. The van der Waals surface area contributed by atoms with Crippen molar-refractivity contribution in [3.63, 3.8) is 0 Å². The van der Waals surface area contributed by atoms with Crippen molar-refractivity contribution in [2.45, 2.75) is 13.3 Å². The number of hydrogen-bond donors (Lipinski definition) is 1. The summed E-state index contributed by atoms with van der Waals surface area (Å²) in [6, 6.07) is 7.92. The third-order valence-corrected chi connectivity index (χ3v) is 5.62. The van der Waals surface area contributed by atoms with E-state index in [1.165, 1.54) is 11.3 Å². The highest BCUT2D eigenvalue weighted by Gasteiger charge is 2.34. The monoisotopic (exact) mass is 351 g/mol. The molecule has 122 valence electrons. The molecule has 0 aliphatic carbocycles. The van der Waals surface area contributed by atoms with Crippen molar-refractivity contribution in [3.05, 3.63) is 35.2 Å². The van der Waals surface area contributed by atoms with Gasteiger partial charge in [0.2, 0.25) is 15.9 Å². The number of primary sulfonamides is 1. The lowest BCUT2D eigenvalue weighted by atomic mass is 10.1.